The number of hydrogen-bond acceptors (Lipinski definition) is 5. The van der Waals surface area contributed by atoms with Gasteiger partial charge in [-0.15, -0.1) is 0 Å². The first-order valence-electron chi connectivity index (χ1n) is 5.88. The van der Waals surface area contributed by atoms with Gasteiger partial charge in [0.2, 0.25) is 5.43 Å². The Hall–Kier alpha value is -0.780. The number of likely N-dealkylation sites (N-methyl/N-ethyl adjacent to an activating group) is 1. The second-order valence-corrected chi connectivity index (χ2v) is 4.50. The summed E-state index contributed by atoms with van der Waals surface area (Å²) in [5.41, 5.74) is 1.52. The van der Waals surface area contributed by atoms with Crippen molar-refractivity contribution in [3.8, 4) is 0 Å². The fraction of sp³-hybridized carbons (Fsp3) is 0.667. The van der Waals surface area contributed by atoms with Crippen molar-refractivity contribution >= 4 is 17.9 Å². The summed E-state index contributed by atoms with van der Waals surface area (Å²) in [6, 6.07) is 0. The van der Waals surface area contributed by atoms with Crippen LogP contribution in [0, 0.1) is 11.4 Å². The van der Waals surface area contributed by atoms with Crippen LogP contribution in [0.1, 0.15) is 12.5 Å². The number of nitrogens with zero attached hydrogens (tertiary/aromatic N) is 1. The van der Waals surface area contributed by atoms with Gasteiger partial charge in [-0.2, -0.15) is 0 Å². The van der Waals surface area contributed by atoms with Gasteiger partial charge in [-0.05, 0) is 26.1 Å². The maximum absolute atomic E-state index is 11.3. The molecule has 0 saturated carbocycles. The zero-order valence-corrected chi connectivity index (χ0v) is 11.5. The van der Waals surface area contributed by atoms with Crippen LogP contribution in [0.5, 0.6) is 0 Å². The van der Waals surface area contributed by atoms with Gasteiger partial charge >= 0.3 is 0 Å². The van der Waals surface area contributed by atoms with Crippen LogP contribution in [0.15, 0.2) is 4.79 Å². The third kappa shape index (κ3) is 3.87. The monoisotopic (exact) mass is 256 g/mol. The molecular weight excluding hydrogens is 236 g/mol. The molecule has 0 radical (unpaired) electrons. The van der Waals surface area contributed by atoms with E-state index in [2.05, 4.69) is 24.2 Å². The smallest absolute Gasteiger partial charge is 0.220 e. The Balaban J connectivity index is 2.10. The first kappa shape index (κ1) is 14.3. The first-order chi connectivity index (χ1) is 8.07. The molecule has 0 aliphatic rings. The Morgan fingerprint density at radius 3 is 2.71 bits per heavy atom. The number of rotatable bonds is 8. The molecule has 0 spiro atoms. The lowest BCUT2D eigenvalue weighted by molar-refractivity contribution is 0.121. The molecule has 0 heterocycles. The van der Waals surface area contributed by atoms with E-state index in [0.29, 0.717) is 23.3 Å². The van der Waals surface area contributed by atoms with Crippen LogP contribution in [-0.4, -0.2) is 44.8 Å². The highest BCUT2D eigenvalue weighted by Gasteiger charge is 2.12. The summed E-state index contributed by atoms with van der Waals surface area (Å²) in [6.07, 6.45) is 0. The van der Waals surface area contributed by atoms with Crippen molar-refractivity contribution in [1.82, 2.24) is 4.90 Å². The van der Waals surface area contributed by atoms with Gasteiger partial charge < -0.3 is 15.0 Å². The minimum absolute atomic E-state index is 0.0387. The van der Waals surface area contributed by atoms with Crippen molar-refractivity contribution in [3.63, 3.8) is 0 Å². The fourth-order valence-corrected chi connectivity index (χ4v) is 1.65. The van der Waals surface area contributed by atoms with Crippen LogP contribution in [0.4, 0.5) is 5.69 Å². The summed E-state index contributed by atoms with van der Waals surface area (Å²) >= 11 is 4.88. The van der Waals surface area contributed by atoms with Crippen LogP contribution >= 0.6 is 12.2 Å². The molecule has 0 aliphatic heterocycles. The molecule has 1 N–H and O–H groups in total. The van der Waals surface area contributed by atoms with Crippen LogP contribution in [-0.2, 0) is 4.74 Å². The number of nitrogens with one attached hydrogen (secondary N) is 1. The summed E-state index contributed by atoms with van der Waals surface area (Å²) in [5, 5.41) is 3.06. The van der Waals surface area contributed by atoms with Crippen molar-refractivity contribution in [2.75, 3.05) is 45.2 Å². The minimum atomic E-state index is -0.0387. The quantitative estimate of drug-likeness (QED) is 0.561. The Morgan fingerprint density at radius 1 is 1.41 bits per heavy atom. The SMILES string of the molecule is CCN(C)CCOCCNc1c(C)c(=S)c1=O. The van der Waals surface area contributed by atoms with Crippen molar-refractivity contribution in [1.29, 1.82) is 0 Å². The largest absolute Gasteiger partial charge is 0.379 e. The Morgan fingerprint density at radius 2 is 2.12 bits per heavy atom. The maximum atomic E-state index is 11.3. The third-order valence-corrected chi connectivity index (χ3v) is 3.35. The van der Waals surface area contributed by atoms with Crippen molar-refractivity contribution in [2.24, 2.45) is 0 Å². The van der Waals surface area contributed by atoms with Crippen LogP contribution in [0.25, 0.3) is 0 Å². The van der Waals surface area contributed by atoms with E-state index in [0.717, 1.165) is 25.3 Å². The van der Waals surface area contributed by atoms with Gasteiger partial charge in [-0.1, -0.05) is 19.1 Å². The highest BCUT2D eigenvalue weighted by molar-refractivity contribution is 7.71. The van der Waals surface area contributed by atoms with Gasteiger partial charge in [-0.25, -0.2) is 0 Å². The average Bonchev–Trinajstić information content (AvgIpc) is 2.36. The molecule has 96 valence electrons. The molecule has 0 fully saturated rings. The molecule has 0 amide bonds. The molecule has 0 aliphatic carbocycles. The standard InChI is InChI=1S/C12H20N2O2S/c1-4-14(3)6-8-16-7-5-13-10-9(2)12(17)11(10)15/h13H,4-8H2,1-3H3. The van der Waals surface area contributed by atoms with Gasteiger partial charge in [-0.3, -0.25) is 4.79 Å². The second-order valence-electron chi connectivity index (χ2n) is 4.09. The first-order valence-corrected chi connectivity index (χ1v) is 6.28. The van der Waals surface area contributed by atoms with Gasteiger partial charge in [0.25, 0.3) is 0 Å². The molecular formula is C12H20N2O2S. The van der Waals surface area contributed by atoms with E-state index in [-0.39, 0.29) is 5.43 Å². The Bertz CT molecular complexity index is 424. The van der Waals surface area contributed by atoms with Crippen molar-refractivity contribution in [3.05, 3.63) is 20.3 Å². The number of anilines is 1. The zero-order valence-electron chi connectivity index (χ0n) is 10.7. The molecule has 0 saturated heterocycles. The summed E-state index contributed by atoms with van der Waals surface area (Å²) in [5.74, 6) is 0. The molecule has 1 aromatic rings. The molecule has 17 heavy (non-hydrogen) atoms. The van der Waals surface area contributed by atoms with Gasteiger partial charge in [0.1, 0.15) is 0 Å². The van der Waals surface area contributed by atoms with E-state index in [9.17, 15) is 4.79 Å². The molecule has 0 atom stereocenters. The third-order valence-electron chi connectivity index (χ3n) is 2.85. The van der Waals surface area contributed by atoms with E-state index in [4.69, 9.17) is 17.0 Å². The molecule has 0 aromatic heterocycles. The highest BCUT2D eigenvalue weighted by atomic mass is 32.1. The van der Waals surface area contributed by atoms with Crippen LogP contribution in [0.2, 0.25) is 0 Å². The number of hydrogen-bond donors (Lipinski definition) is 1. The summed E-state index contributed by atoms with van der Waals surface area (Å²) in [6.45, 7) is 7.91. The predicted molar refractivity (Wildman–Crippen MR) is 73.1 cm³/mol. The summed E-state index contributed by atoms with van der Waals surface area (Å²) < 4.78 is 5.91. The summed E-state index contributed by atoms with van der Waals surface area (Å²) in [4.78, 5) is 13.5. The van der Waals surface area contributed by atoms with E-state index in [1.54, 1.807) is 0 Å². The van der Waals surface area contributed by atoms with E-state index >= 15 is 0 Å². The molecule has 5 heteroatoms. The second kappa shape index (κ2) is 6.83. The van der Waals surface area contributed by atoms with Gasteiger partial charge in [0, 0.05) is 13.1 Å². The topological polar surface area (TPSA) is 41.6 Å². The lowest BCUT2D eigenvalue weighted by atomic mass is 10.1. The average molecular weight is 256 g/mol. The normalized spacial score (nSPS) is 11.3. The molecule has 0 unspecified atom stereocenters. The highest BCUT2D eigenvalue weighted by Crippen LogP contribution is 2.13. The van der Waals surface area contributed by atoms with Crippen molar-refractivity contribution < 1.29 is 4.74 Å². The zero-order chi connectivity index (χ0) is 12.8. The van der Waals surface area contributed by atoms with E-state index in [1.165, 1.54) is 0 Å². The van der Waals surface area contributed by atoms with E-state index in [1.807, 2.05) is 6.92 Å². The van der Waals surface area contributed by atoms with Gasteiger partial charge in [0.05, 0.1) is 23.4 Å². The molecule has 1 aromatic carbocycles. The van der Waals surface area contributed by atoms with Crippen LogP contribution in [0.3, 0.4) is 0 Å². The fourth-order valence-electron chi connectivity index (χ4n) is 1.45. The van der Waals surface area contributed by atoms with E-state index < -0.39 is 0 Å². The minimum Gasteiger partial charge on any atom is -0.379 e. The molecule has 0 bridgehead atoms. The number of ether oxygens (including phenoxy) is 1. The summed E-state index contributed by atoms with van der Waals surface area (Å²) in [7, 11) is 2.06. The Kier molecular flexibility index (Phi) is 5.74. The van der Waals surface area contributed by atoms with Crippen LogP contribution < -0.4 is 10.7 Å². The molecule has 1 rings (SSSR count). The maximum Gasteiger partial charge on any atom is 0.220 e. The lowest BCUT2D eigenvalue weighted by Gasteiger charge is -2.14. The Labute approximate surface area is 107 Å². The lowest BCUT2D eigenvalue weighted by Crippen LogP contribution is -2.25. The van der Waals surface area contributed by atoms with Gasteiger partial charge in [0.15, 0.2) is 0 Å². The molecule has 4 nitrogen and oxygen atoms in total. The van der Waals surface area contributed by atoms with Crippen molar-refractivity contribution in [2.45, 2.75) is 13.8 Å². The predicted octanol–water partition coefficient (Wildman–Crippen LogP) is 1.34.